The summed E-state index contributed by atoms with van der Waals surface area (Å²) in [6, 6.07) is 7.04. The van der Waals surface area contributed by atoms with Crippen LogP contribution in [0.3, 0.4) is 0 Å². The number of hydrogen-bond donors (Lipinski definition) is 1. The van der Waals surface area contributed by atoms with Gasteiger partial charge in [0.1, 0.15) is 6.42 Å². The first kappa shape index (κ1) is 14.2. The van der Waals surface area contributed by atoms with Crippen LogP contribution < -0.4 is 0 Å². The van der Waals surface area contributed by atoms with Crippen molar-refractivity contribution in [1.29, 1.82) is 0 Å². The van der Waals surface area contributed by atoms with Crippen LogP contribution in [0.1, 0.15) is 5.89 Å². The number of carboxylic acids is 1. The summed E-state index contributed by atoms with van der Waals surface area (Å²) in [5, 5.41) is 24.3. The fourth-order valence-corrected chi connectivity index (χ4v) is 2.15. The highest BCUT2D eigenvalue weighted by Crippen LogP contribution is 2.29. The van der Waals surface area contributed by atoms with E-state index in [1.807, 2.05) is 0 Å². The lowest BCUT2D eigenvalue weighted by atomic mass is 10.1. The Kier molecular flexibility index (Phi) is 3.80. The maximum atomic E-state index is 10.6. The third kappa shape index (κ3) is 3.09. The average Bonchev–Trinajstić information content (AvgIpc) is 2.95. The molecule has 1 aromatic carbocycles. The van der Waals surface area contributed by atoms with Crippen LogP contribution in [0, 0.1) is 0 Å². The van der Waals surface area contributed by atoms with Crippen molar-refractivity contribution in [3.05, 3.63) is 47.6 Å². The van der Waals surface area contributed by atoms with E-state index in [0.717, 1.165) is 11.1 Å². The molecule has 0 bridgehead atoms. The molecule has 0 atom stereocenters. The summed E-state index contributed by atoms with van der Waals surface area (Å²) < 4.78 is 5.34. The standard InChI is InChI=1S/C14H9ClN4O3/c15-11-4-9(8-1-2-16-17-7-8)3-10(5-11)14-19-18-12(22-14)6-13(20)21/h1-5,7H,6H2,(H,20,21). The van der Waals surface area contributed by atoms with Gasteiger partial charge in [0.05, 0.1) is 12.4 Å². The van der Waals surface area contributed by atoms with Crippen molar-refractivity contribution in [2.24, 2.45) is 0 Å². The molecule has 0 aliphatic rings. The van der Waals surface area contributed by atoms with Crippen LogP contribution in [0.4, 0.5) is 0 Å². The van der Waals surface area contributed by atoms with E-state index in [4.69, 9.17) is 21.1 Å². The molecule has 0 saturated heterocycles. The zero-order valence-electron chi connectivity index (χ0n) is 11.1. The Morgan fingerprint density at radius 1 is 1.14 bits per heavy atom. The summed E-state index contributed by atoms with van der Waals surface area (Å²) in [6.45, 7) is 0. The Bertz CT molecular complexity index is 820. The second kappa shape index (κ2) is 5.90. The van der Waals surface area contributed by atoms with Crippen molar-refractivity contribution in [1.82, 2.24) is 20.4 Å². The first-order valence-corrected chi connectivity index (χ1v) is 6.62. The smallest absolute Gasteiger partial charge is 0.312 e. The van der Waals surface area contributed by atoms with E-state index in [9.17, 15) is 4.79 Å². The molecule has 0 unspecified atom stereocenters. The second-order valence-electron chi connectivity index (χ2n) is 4.43. The summed E-state index contributed by atoms with van der Waals surface area (Å²) in [5.41, 5.74) is 2.25. The normalized spacial score (nSPS) is 10.6. The van der Waals surface area contributed by atoms with Gasteiger partial charge in [-0.2, -0.15) is 10.2 Å². The molecule has 0 fully saturated rings. The third-order valence-electron chi connectivity index (χ3n) is 2.83. The molecule has 2 heterocycles. The molecule has 7 nitrogen and oxygen atoms in total. The van der Waals surface area contributed by atoms with Gasteiger partial charge in [-0.05, 0) is 29.8 Å². The lowest BCUT2D eigenvalue weighted by Crippen LogP contribution is -1.99. The number of aromatic nitrogens is 4. The zero-order chi connectivity index (χ0) is 15.5. The van der Waals surface area contributed by atoms with Crippen LogP contribution in [0.15, 0.2) is 41.1 Å². The van der Waals surface area contributed by atoms with Gasteiger partial charge in [0.25, 0.3) is 0 Å². The molecule has 1 N–H and O–H groups in total. The lowest BCUT2D eigenvalue weighted by molar-refractivity contribution is -0.136. The monoisotopic (exact) mass is 316 g/mol. The van der Waals surface area contributed by atoms with E-state index in [1.54, 1.807) is 36.7 Å². The number of benzene rings is 1. The summed E-state index contributed by atoms with van der Waals surface area (Å²) in [4.78, 5) is 10.6. The summed E-state index contributed by atoms with van der Waals surface area (Å²) in [7, 11) is 0. The van der Waals surface area contributed by atoms with Gasteiger partial charge in [0.15, 0.2) is 0 Å². The molecule has 0 aliphatic heterocycles. The van der Waals surface area contributed by atoms with E-state index in [1.165, 1.54) is 0 Å². The molecular formula is C14H9ClN4O3. The Morgan fingerprint density at radius 3 is 2.68 bits per heavy atom. The minimum atomic E-state index is -1.04. The maximum Gasteiger partial charge on any atom is 0.312 e. The maximum absolute atomic E-state index is 10.6. The molecule has 2 aromatic heterocycles. The van der Waals surface area contributed by atoms with Gasteiger partial charge in [0.2, 0.25) is 11.8 Å². The van der Waals surface area contributed by atoms with Gasteiger partial charge in [-0.25, -0.2) is 0 Å². The van der Waals surface area contributed by atoms with Gasteiger partial charge in [-0.3, -0.25) is 4.79 Å². The predicted octanol–water partition coefficient (Wildman–Crippen LogP) is 2.47. The van der Waals surface area contributed by atoms with Crippen LogP contribution in [0.25, 0.3) is 22.6 Å². The van der Waals surface area contributed by atoms with E-state index < -0.39 is 5.97 Å². The van der Waals surface area contributed by atoms with Gasteiger partial charge < -0.3 is 9.52 Å². The number of hydrogen-bond acceptors (Lipinski definition) is 6. The van der Waals surface area contributed by atoms with Gasteiger partial charge in [0, 0.05) is 16.1 Å². The highest BCUT2D eigenvalue weighted by molar-refractivity contribution is 6.31. The molecule has 0 radical (unpaired) electrons. The van der Waals surface area contributed by atoms with Crippen LogP contribution in [0.2, 0.25) is 5.02 Å². The lowest BCUT2D eigenvalue weighted by Gasteiger charge is -2.04. The highest BCUT2D eigenvalue weighted by Gasteiger charge is 2.13. The van der Waals surface area contributed by atoms with Crippen molar-refractivity contribution in [2.45, 2.75) is 6.42 Å². The molecule has 3 rings (SSSR count). The molecule has 3 aromatic rings. The Morgan fingerprint density at radius 2 is 1.95 bits per heavy atom. The van der Waals surface area contributed by atoms with Crippen molar-refractivity contribution in [3.8, 4) is 22.6 Å². The van der Waals surface area contributed by atoms with Gasteiger partial charge >= 0.3 is 5.97 Å². The van der Waals surface area contributed by atoms with Crippen molar-refractivity contribution < 1.29 is 14.3 Å². The van der Waals surface area contributed by atoms with E-state index in [2.05, 4.69) is 20.4 Å². The summed E-state index contributed by atoms with van der Waals surface area (Å²) in [6.07, 6.45) is 2.86. The second-order valence-corrected chi connectivity index (χ2v) is 4.87. The highest BCUT2D eigenvalue weighted by atomic mass is 35.5. The number of nitrogens with zero attached hydrogens (tertiary/aromatic N) is 4. The minimum absolute atomic E-state index is 0.0367. The first-order chi connectivity index (χ1) is 10.6. The molecule has 22 heavy (non-hydrogen) atoms. The fraction of sp³-hybridized carbons (Fsp3) is 0.0714. The first-order valence-electron chi connectivity index (χ1n) is 6.24. The van der Waals surface area contributed by atoms with E-state index >= 15 is 0 Å². The molecule has 0 spiro atoms. The molecule has 0 aliphatic carbocycles. The molecule has 0 saturated carbocycles. The summed E-state index contributed by atoms with van der Waals surface area (Å²) in [5.74, 6) is -0.790. The van der Waals surface area contributed by atoms with E-state index in [-0.39, 0.29) is 18.2 Å². The number of rotatable bonds is 4. The van der Waals surface area contributed by atoms with Crippen LogP contribution >= 0.6 is 11.6 Å². The molecule has 110 valence electrons. The van der Waals surface area contributed by atoms with Crippen molar-refractivity contribution in [2.75, 3.05) is 0 Å². The number of halogens is 1. The predicted molar refractivity (Wildman–Crippen MR) is 77.1 cm³/mol. The number of carboxylic acid groups (broad SMARTS) is 1. The average molecular weight is 317 g/mol. The van der Waals surface area contributed by atoms with Crippen LogP contribution in [-0.2, 0) is 11.2 Å². The summed E-state index contributed by atoms with van der Waals surface area (Å²) >= 11 is 6.12. The Balaban J connectivity index is 1.99. The quantitative estimate of drug-likeness (QED) is 0.788. The SMILES string of the molecule is O=C(O)Cc1nnc(-c2cc(Cl)cc(-c3ccnnc3)c2)o1. The van der Waals surface area contributed by atoms with Gasteiger partial charge in [-0.15, -0.1) is 10.2 Å². The zero-order valence-corrected chi connectivity index (χ0v) is 11.9. The number of aliphatic carboxylic acids is 1. The number of carbonyl (C=O) groups is 1. The Labute approximate surface area is 129 Å². The van der Waals surface area contributed by atoms with Crippen LogP contribution in [0.5, 0.6) is 0 Å². The van der Waals surface area contributed by atoms with Crippen molar-refractivity contribution >= 4 is 17.6 Å². The van der Waals surface area contributed by atoms with Gasteiger partial charge in [-0.1, -0.05) is 11.6 Å². The third-order valence-corrected chi connectivity index (χ3v) is 3.05. The van der Waals surface area contributed by atoms with E-state index in [0.29, 0.717) is 10.6 Å². The minimum Gasteiger partial charge on any atom is -0.481 e. The van der Waals surface area contributed by atoms with Crippen LogP contribution in [-0.4, -0.2) is 31.5 Å². The molecular weight excluding hydrogens is 308 g/mol. The topological polar surface area (TPSA) is 102 Å². The van der Waals surface area contributed by atoms with Crippen molar-refractivity contribution in [3.63, 3.8) is 0 Å². The Hall–Kier alpha value is -2.80. The molecule has 8 heteroatoms. The molecule has 0 amide bonds. The fourth-order valence-electron chi connectivity index (χ4n) is 1.91. The largest absolute Gasteiger partial charge is 0.481 e.